The molecule has 1 aromatic rings. The van der Waals surface area contributed by atoms with Crippen molar-refractivity contribution in [3.05, 3.63) is 23.8 Å². The van der Waals surface area contributed by atoms with Crippen LogP contribution in [0.2, 0.25) is 0 Å². The summed E-state index contributed by atoms with van der Waals surface area (Å²) in [6, 6.07) is 4.03. The van der Waals surface area contributed by atoms with Gasteiger partial charge in [0.25, 0.3) is 0 Å². The Hall–Kier alpha value is -2.24. The molecule has 0 spiro atoms. The van der Waals surface area contributed by atoms with Gasteiger partial charge in [-0.3, -0.25) is 0 Å². The van der Waals surface area contributed by atoms with Crippen LogP contribution in [0.15, 0.2) is 18.2 Å². The van der Waals surface area contributed by atoms with E-state index in [1.165, 1.54) is 25.3 Å². The number of carbonyl (C=O) groups excluding carboxylic acids is 1. The van der Waals surface area contributed by atoms with Crippen molar-refractivity contribution in [3.8, 4) is 5.75 Å². The number of urea groups is 1. The van der Waals surface area contributed by atoms with E-state index in [9.17, 15) is 9.59 Å². The third-order valence-corrected chi connectivity index (χ3v) is 3.07. The van der Waals surface area contributed by atoms with Crippen LogP contribution in [0.5, 0.6) is 5.75 Å². The van der Waals surface area contributed by atoms with Gasteiger partial charge in [-0.1, -0.05) is 19.8 Å². The molecule has 0 fully saturated rings. The van der Waals surface area contributed by atoms with Crippen LogP contribution in [0.3, 0.4) is 0 Å². The second-order valence-electron chi connectivity index (χ2n) is 4.86. The van der Waals surface area contributed by atoms with Gasteiger partial charge in [0, 0.05) is 12.1 Å². The minimum Gasteiger partial charge on any atom is -0.497 e. The standard InChI is InChI=1S/C15H22N2O4/c1-4-5-6-10(2)16-15(20)17-13-9-11(21-3)7-8-12(13)14(18)19/h7-10H,4-6H2,1-3H3,(H,18,19)(H2,16,17,20). The van der Waals surface area contributed by atoms with Crippen molar-refractivity contribution < 1.29 is 19.4 Å². The first-order valence-electron chi connectivity index (χ1n) is 6.96. The van der Waals surface area contributed by atoms with Gasteiger partial charge in [-0.05, 0) is 25.5 Å². The number of carboxylic acids is 1. The number of benzene rings is 1. The van der Waals surface area contributed by atoms with E-state index in [1.807, 2.05) is 6.92 Å². The number of anilines is 1. The van der Waals surface area contributed by atoms with Crippen molar-refractivity contribution in [1.82, 2.24) is 5.32 Å². The lowest BCUT2D eigenvalue weighted by Gasteiger charge is -2.15. The van der Waals surface area contributed by atoms with Crippen LogP contribution in [0.4, 0.5) is 10.5 Å². The number of unbranched alkanes of at least 4 members (excludes halogenated alkanes) is 1. The van der Waals surface area contributed by atoms with Crippen LogP contribution in [-0.4, -0.2) is 30.3 Å². The van der Waals surface area contributed by atoms with Crippen LogP contribution in [-0.2, 0) is 0 Å². The summed E-state index contributed by atoms with van der Waals surface area (Å²) in [4.78, 5) is 23.1. The molecular weight excluding hydrogens is 272 g/mol. The summed E-state index contributed by atoms with van der Waals surface area (Å²) in [5, 5.41) is 14.5. The third-order valence-electron chi connectivity index (χ3n) is 3.07. The summed E-state index contributed by atoms with van der Waals surface area (Å²) >= 11 is 0. The Kier molecular flexibility index (Phi) is 6.52. The van der Waals surface area contributed by atoms with E-state index in [0.717, 1.165) is 19.3 Å². The zero-order valence-electron chi connectivity index (χ0n) is 12.6. The molecule has 116 valence electrons. The molecule has 0 radical (unpaired) electrons. The summed E-state index contributed by atoms with van der Waals surface area (Å²) in [7, 11) is 1.48. The summed E-state index contributed by atoms with van der Waals surface area (Å²) < 4.78 is 5.04. The molecule has 0 saturated carbocycles. The molecule has 0 heterocycles. The first-order chi connectivity index (χ1) is 9.97. The van der Waals surface area contributed by atoms with Gasteiger partial charge in [-0.15, -0.1) is 0 Å². The number of amides is 2. The van der Waals surface area contributed by atoms with Crippen molar-refractivity contribution in [3.63, 3.8) is 0 Å². The van der Waals surface area contributed by atoms with Gasteiger partial charge in [0.1, 0.15) is 5.75 Å². The van der Waals surface area contributed by atoms with Gasteiger partial charge in [0.15, 0.2) is 0 Å². The highest BCUT2D eigenvalue weighted by atomic mass is 16.5. The Morgan fingerprint density at radius 3 is 2.67 bits per heavy atom. The fourth-order valence-electron chi connectivity index (χ4n) is 1.90. The Morgan fingerprint density at radius 1 is 1.38 bits per heavy atom. The van der Waals surface area contributed by atoms with Crippen molar-refractivity contribution in [2.75, 3.05) is 12.4 Å². The summed E-state index contributed by atoms with van der Waals surface area (Å²) in [6.45, 7) is 4.00. The van der Waals surface area contributed by atoms with Crippen LogP contribution in [0.1, 0.15) is 43.5 Å². The fraction of sp³-hybridized carbons (Fsp3) is 0.467. The molecule has 0 aliphatic heterocycles. The lowest BCUT2D eigenvalue weighted by Crippen LogP contribution is -2.36. The number of hydrogen-bond acceptors (Lipinski definition) is 3. The van der Waals surface area contributed by atoms with Crippen LogP contribution >= 0.6 is 0 Å². The van der Waals surface area contributed by atoms with Gasteiger partial charge in [-0.2, -0.15) is 0 Å². The molecule has 3 N–H and O–H groups in total. The average molecular weight is 294 g/mol. The maximum absolute atomic E-state index is 11.9. The average Bonchev–Trinajstić information content (AvgIpc) is 2.44. The number of hydrogen-bond donors (Lipinski definition) is 3. The molecule has 0 aromatic heterocycles. The molecule has 1 rings (SSSR count). The number of carboxylic acid groups (broad SMARTS) is 1. The molecule has 2 amide bonds. The van der Waals surface area contributed by atoms with E-state index in [2.05, 4.69) is 17.6 Å². The van der Waals surface area contributed by atoms with Gasteiger partial charge in [-0.25, -0.2) is 9.59 Å². The Labute approximate surface area is 124 Å². The molecule has 1 unspecified atom stereocenters. The minimum absolute atomic E-state index is 0.0205. The van der Waals surface area contributed by atoms with Gasteiger partial charge in [0.2, 0.25) is 0 Å². The van der Waals surface area contributed by atoms with Crippen molar-refractivity contribution in [2.45, 2.75) is 39.2 Å². The summed E-state index contributed by atoms with van der Waals surface area (Å²) in [6.07, 6.45) is 2.97. The zero-order chi connectivity index (χ0) is 15.8. The van der Waals surface area contributed by atoms with E-state index in [4.69, 9.17) is 9.84 Å². The van der Waals surface area contributed by atoms with E-state index < -0.39 is 12.0 Å². The summed E-state index contributed by atoms with van der Waals surface area (Å²) in [5.41, 5.74) is 0.231. The number of carbonyl (C=O) groups is 2. The first-order valence-corrected chi connectivity index (χ1v) is 6.96. The highest BCUT2D eigenvalue weighted by Gasteiger charge is 2.14. The molecule has 21 heavy (non-hydrogen) atoms. The van der Waals surface area contributed by atoms with Crippen molar-refractivity contribution >= 4 is 17.7 Å². The monoisotopic (exact) mass is 294 g/mol. The largest absolute Gasteiger partial charge is 0.497 e. The smallest absolute Gasteiger partial charge is 0.337 e. The quantitative estimate of drug-likeness (QED) is 0.721. The second-order valence-corrected chi connectivity index (χ2v) is 4.86. The van der Waals surface area contributed by atoms with Crippen LogP contribution in [0, 0.1) is 0 Å². The van der Waals surface area contributed by atoms with Gasteiger partial charge in [0.05, 0.1) is 18.4 Å². The van der Waals surface area contributed by atoms with Crippen LogP contribution in [0.25, 0.3) is 0 Å². The minimum atomic E-state index is -1.10. The lowest BCUT2D eigenvalue weighted by molar-refractivity contribution is 0.0698. The first kappa shape index (κ1) is 16.8. The van der Waals surface area contributed by atoms with Crippen LogP contribution < -0.4 is 15.4 Å². The second kappa shape index (κ2) is 8.14. The fourth-order valence-corrected chi connectivity index (χ4v) is 1.90. The molecule has 1 atom stereocenters. The van der Waals surface area contributed by atoms with Gasteiger partial charge < -0.3 is 20.5 Å². The van der Waals surface area contributed by atoms with E-state index >= 15 is 0 Å². The Bertz CT molecular complexity index is 502. The third kappa shape index (κ3) is 5.33. The predicted octanol–water partition coefficient (Wildman–Crippen LogP) is 3.09. The molecule has 6 nitrogen and oxygen atoms in total. The van der Waals surface area contributed by atoms with Gasteiger partial charge >= 0.3 is 12.0 Å². The SMILES string of the molecule is CCCCC(C)NC(=O)Nc1cc(OC)ccc1C(=O)O. The number of rotatable bonds is 7. The van der Waals surface area contributed by atoms with E-state index in [-0.39, 0.29) is 17.3 Å². The lowest BCUT2D eigenvalue weighted by atomic mass is 10.1. The maximum Gasteiger partial charge on any atom is 0.337 e. The van der Waals surface area contributed by atoms with Crippen molar-refractivity contribution in [1.29, 1.82) is 0 Å². The predicted molar refractivity (Wildman–Crippen MR) is 81.1 cm³/mol. The van der Waals surface area contributed by atoms with E-state index in [1.54, 1.807) is 0 Å². The highest BCUT2D eigenvalue weighted by molar-refractivity contribution is 6.00. The molecule has 6 heteroatoms. The number of aromatic carboxylic acids is 1. The zero-order valence-corrected chi connectivity index (χ0v) is 12.6. The molecule has 0 aliphatic carbocycles. The number of methoxy groups -OCH3 is 1. The van der Waals surface area contributed by atoms with Crippen molar-refractivity contribution in [2.24, 2.45) is 0 Å². The molecule has 0 aliphatic rings. The Morgan fingerprint density at radius 2 is 2.10 bits per heavy atom. The van der Waals surface area contributed by atoms with E-state index in [0.29, 0.717) is 5.75 Å². The molecule has 0 bridgehead atoms. The highest BCUT2D eigenvalue weighted by Crippen LogP contribution is 2.22. The summed E-state index contributed by atoms with van der Waals surface area (Å²) in [5.74, 6) is -0.624. The Balaban J connectivity index is 2.76. The molecular formula is C15H22N2O4. The molecule has 1 aromatic carbocycles. The maximum atomic E-state index is 11.9. The molecule has 0 saturated heterocycles. The normalized spacial score (nSPS) is 11.6. The number of nitrogens with one attached hydrogen (secondary N) is 2. The topological polar surface area (TPSA) is 87.7 Å². The number of ether oxygens (including phenoxy) is 1.